The Hall–Kier alpha value is -2.70. The molecular weight excluding hydrogens is 366 g/mol. The number of aromatic nitrogens is 3. The number of carbonyl (C=O) groups excluding carboxylic acids is 2. The van der Waals surface area contributed by atoms with Crippen molar-refractivity contribution in [2.45, 2.75) is 52.0 Å². The Morgan fingerprint density at radius 2 is 1.83 bits per heavy atom. The fourth-order valence-corrected chi connectivity index (χ4v) is 4.36. The summed E-state index contributed by atoms with van der Waals surface area (Å²) in [6.07, 6.45) is 3.17. The molecule has 2 aliphatic heterocycles. The highest BCUT2D eigenvalue weighted by Crippen LogP contribution is 2.27. The summed E-state index contributed by atoms with van der Waals surface area (Å²) in [7, 11) is 0. The van der Waals surface area contributed by atoms with Crippen LogP contribution in [0.1, 0.15) is 48.5 Å². The number of hydrogen-bond acceptors (Lipinski definition) is 4. The van der Waals surface area contributed by atoms with Crippen LogP contribution in [-0.2, 0) is 29.0 Å². The predicted molar refractivity (Wildman–Crippen MR) is 109 cm³/mol. The Labute approximate surface area is 171 Å². The van der Waals surface area contributed by atoms with E-state index in [1.165, 1.54) is 5.56 Å². The van der Waals surface area contributed by atoms with Crippen LogP contribution >= 0.6 is 0 Å². The number of amides is 2. The van der Waals surface area contributed by atoms with Crippen LogP contribution in [0.3, 0.4) is 0 Å². The van der Waals surface area contributed by atoms with Crippen LogP contribution in [0.25, 0.3) is 0 Å². The minimum atomic E-state index is 0.123. The average molecular weight is 396 g/mol. The van der Waals surface area contributed by atoms with Crippen molar-refractivity contribution in [3.8, 4) is 0 Å². The molecule has 1 fully saturated rings. The van der Waals surface area contributed by atoms with Gasteiger partial charge in [0.05, 0.1) is 6.42 Å². The quantitative estimate of drug-likeness (QED) is 0.796. The van der Waals surface area contributed by atoms with E-state index in [9.17, 15) is 9.59 Å². The second kappa shape index (κ2) is 8.35. The minimum Gasteiger partial charge on any atom is -0.342 e. The van der Waals surface area contributed by atoms with E-state index >= 15 is 0 Å². The van der Waals surface area contributed by atoms with Gasteiger partial charge in [-0.15, -0.1) is 10.2 Å². The average Bonchev–Trinajstić information content (AvgIpc) is 3.01. The summed E-state index contributed by atoms with van der Waals surface area (Å²) < 4.78 is 2.19. The lowest BCUT2D eigenvalue weighted by atomic mass is 9.97. The molecule has 1 saturated heterocycles. The molecule has 2 aliphatic rings. The fraction of sp³-hybridized carbons (Fsp3) is 0.545. The van der Waals surface area contributed by atoms with E-state index < -0.39 is 0 Å². The molecule has 1 aromatic heterocycles. The molecule has 7 heteroatoms. The smallest absolute Gasteiger partial charge is 0.227 e. The molecule has 0 radical (unpaired) electrons. The third kappa shape index (κ3) is 4.33. The first-order valence-electron chi connectivity index (χ1n) is 10.5. The number of rotatable bonds is 3. The molecule has 1 aromatic carbocycles. The van der Waals surface area contributed by atoms with Gasteiger partial charge in [0, 0.05) is 52.0 Å². The molecule has 2 amide bonds. The van der Waals surface area contributed by atoms with E-state index in [4.69, 9.17) is 0 Å². The zero-order valence-corrected chi connectivity index (χ0v) is 17.3. The van der Waals surface area contributed by atoms with Crippen molar-refractivity contribution in [3.05, 3.63) is 47.0 Å². The summed E-state index contributed by atoms with van der Waals surface area (Å²) in [4.78, 5) is 28.5. The molecule has 2 aromatic rings. The topological polar surface area (TPSA) is 71.3 Å². The van der Waals surface area contributed by atoms with Gasteiger partial charge >= 0.3 is 0 Å². The molecule has 0 bridgehead atoms. The van der Waals surface area contributed by atoms with Gasteiger partial charge in [-0.1, -0.05) is 29.8 Å². The van der Waals surface area contributed by atoms with Crippen LogP contribution < -0.4 is 0 Å². The number of likely N-dealkylation sites (tertiary alicyclic amines) is 1. The maximum absolute atomic E-state index is 12.8. The minimum absolute atomic E-state index is 0.123. The molecule has 7 nitrogen and oxygen atoms in total. The third-order valence-corrected chi connectivity index (χ3v) is 6.12. The lowest BCUT2D eigenvalue weighted by Crippen LogP contribution is -2.38. The van der Waals surface area contributed by atoms with Gasteiger partial charge in [0.25, 0.3) is 0 Å². The monoisotopic (exact) mass is 395 g/mol. The highest BCUT2D eigenvalue weighted by Gasteiger charge is 2.29. The normalized spacial score (nSPS) is 19.6. The predicted octanol–water partition coefficient (Wildman–Crippen LogP) is 1.94. The van der Waals surface area contributed by atoms with Gasteiger partial charge in [0.2, 0.25) is 11.8 Å². The lowest BCUT2D eigenvalue weighted by Gasteiger charge is -2.31. The number of piperidine rings is 1. The molecule has 0 aliphatic carbocycles. The standard InChI is InChI=1S/C22H29N5O2/c1-16-5-7-18(8-6-16)14-21(29)25-11-9-20-23-24-22(27(20)13-12-25)19-4-3-10-26(15-19)17(2)28/h5-8,19H,3-4,9-15H2,1-2H3/t19-/m0/s1. The van der Waals surface area contributed by atoms with Gasteiger partial charge in [0.15, 0.2) is 0 Å². The van der Waals surface area contributed by atoms with Gasteiger partial charge in [-0.2, -0.15) is 0 Å². The molecule has 0 N–H and O–H groups in total. The number of nitrogens with zero attached hydrogens (tertiary/aromatic N) is 5. The molecular formula is C22H29N5O2. The molecule has 0 unspecified atom stereocenters. The van der Waals surface area contributed by atoms with Gasteiger partial charge in [-0.25, -0.2) is 0 Å². The number of hydrogen-bond donors (Lipinski definition) is 0. The summed E-state index contributed by atoms with van der Waals surface area (Å²) >= 11 is 0. The van der Waals surface area contributed by atoms with Crippen molar-refractivity contribution in [2.24, 2.45) is 0 Å². The molecule has 3 heterocycles. The van der Waals surface area contributed by atoms with Gasteiger partial charge in [0.1, 0.15) is 11.6 Å². The second-order valence-electron chi connectivity index (χ2n) is 8.22. The van der Waals surface area contributed by atoms with E-state index in [0.717, 1.165) is 43.0 Å². The molecule has 0 saturated carbocycles. The first kappa shape index (κ1) is 19.6. The van der Waals surface area contributed by atoms with E-state index in [2.05, 4.69) is 21.7 Å². The largest absolute Gasteiger partial charge is 0.342 e. The molecule has 154 valence electrons. The van der Waals surface area contributed by atoms with Crippen LogP contribution in [0.4, 0.5) is 0 Å². The van der Waals surface area contributed by atoms with Crippen molar-refractivity contribution in [1.82, 2.24) is 24.6 Å². The van der Waals surface area contributed by atoms with Crippen molar-refractivity contribution < 1.29 is 9.59 Å². The molecule has 1 atom stereocenters. The number of carbonyl (C=O) groups is 2. The summed E-state index contributed by atoms with van der Waals surface area (Å²) in [6, 6.07) is 8.16. The SMILES string of the molecule is CC(=O)N1CCC[C@H](c2nnc3n2CCN(C(=O)Cc2ccc(C)cc2)CC3)C1. The molecule has 4 rings (SSSR count). The number of fused-ring (bicyclic) bond motifs is 1. The Bertz CT molecular complexity index is 889. The summed E-state index contributed by atoms with van der Waals surface area (Å²) in [5.41, 5.74) is 2.25. The number of benzene rings is 1. The zero-order chi connectivity index (χ0) is 20.4. The first-order valence-corrected chi connectivity index (χ1v) is 10.5. The van der Waals surface area contributed by atoms with Gasteiger partial charge in [-0.05, 0) is 25.3 Å². The van der Waals surface area contributed by atoms with Crippen molar-refractivity contribution >= 4 is 11.8 Å². The second-order valence-corrected chi connectivity index (χ2v) is 8.22. The Kier molecular flexibility index (Phi) is 5.65. The Morgan fingerprint density at radius 3 is 2.59 bits per heavy atom. The maximum atomic E-state index is 12.8. The van der Waals surface area contributed by atoms with Crippen LogP contribution in [0.5, 0.6) is 0 Å². The molecule has 0 spiro atoms. The van der Waals surface area contributed by atoms with E-state index in [1.54, 1.807) is 6.92 Å². The van der Waals surface area contributed by atoms with Crippen LogP contribution in [-0.4, -0.2) is 62.6 Å². The van der Waals surface area contributed by atoms with Crippen molar-refractivity contribution in [2.75, 3.05) is 26.2 Å². The van der Waals surface area contributed by atoms with Crippen LogP contribution in [0, 0.1) is 6.92 Å². The van der Waals surface area contributed by atoms with Crippen molar-refractivity contribution in [1.29, 1.82) is 0 Å². The zero-order valence-electron chi connectivity index (χ0n) is 17.3. The third-order valence-electron chi connectivity index (χ3n) is 6.12. The first-order chi connectivity index (χ1) is 14.0. The number of aryl methyl sites for hydroxylation is 1. The lowest BCUT2D eigenvalue weighted by molar-refractivity contribution is -0.131. The highest BCUT2D eigenvalue weighted by molar-refractivity contribution is 5.78. The Balaban J connectivity index is 1.42. The summed E-state index contributed by atoms with van der Waals surface area (Å²) in [5.74, 6) is 2.43. The fourth-order valence-electron chi connectivity index (χ4n) is 4.36. The molecule has 29 heavy (non-hydrogen) atoms. The summed E-state index contributed by atoms with van der Waals surface area (Å²) in [5, 5.41) is 8.90. The maximum Gasteiger partial charge on any atom is 0.227 e. The van der Waals surface area contributed by atoms with Gasteiger partial charge < -0.3 is 14.4 Å². The summed E-state index contributed by atoms with van der Waals surface area (Å²) in [6.45, 7) is 7.28. The van der Waals surface area contributed by atoms with E-state index in [1.807, 2.05) is 34.1 Å². The highest BCUT2D eigenvalue weighted by atomic mass is 16.2. The van der Waals surface area contributed by atoms with E-state index in [-0.39, 0.29) is 17.7 Å². The van der Waals surface area contributed by atoms with Crippen LogP contribution in [0.15, 0.2) is 24.3 Å². The van der Waals surface area contributed by atoms with Crippen LogP contribution in [0.2, 0.25) is 0 Å². The van der Waals surface area contributed by atoms with Crippen molar-refractivity contribution in [3.63, 3.8) is 0 Å². The van der Waals surface area contributed by atoms with E-state index in [0.29, 0.717) is 32.6 Å². The van der Waals surface area contributed by atoms with Gasteiger partial charge in [-0.3, -0.25) is 9.59 Å². The Morgan fingerprint density at radius 1 is 1.03 bits per heavy atom.